The molecule has 206 valence electrons. The van der Waals surface area contributed by atoms with Crippen molar-refractivity contribution in [2.45, 2.75) is 85.4 Å². The van der Waals surface area contributed by atoms with Gasteiger partial charge in [-0.15, -0.1) is 19.1 Å². The van der Waals surface area contributed by atoms with Crippen LogP contribution in [0, 0.1) is 18.8 Å². The summed E-state index contributed by atoms with van der Waals surface area (Å²) in [6.45, 7) is 10.1. The molecule has 1 atom stereocenters. The van der Waals surface area contributed by atoms with Crippen LogP contribution in [0.25, 0.3) is 11.3 Å². The Morgan fingerprint density at radius 2 is 1.84 bits per heavy atom. The number of unbranched alkanes of at least 4 members (excludes halogenated alkanes) is 1. The van der Waals surface area contributed by atoms with Gasteiger partial charge in [0.05, 0.1) is 12.2 Å². The van der Waals surface area contributed by atoms with Crippen molar-refractivity contribution in [3.63, 3.8) is 0 Å². The molecule has 1 aliphatic rings. The van der Waals surface area contributed by atoms with Crippen LogP contribution in [0.3, 0.4) is 0 Å². The van der Waals surface area contributed by atoms with Gasteiger partial charge in [-0.05, 0) is 76.3 Å². The summed E-state index contributed by atoms with van der Waals surface area (Å²) in [5.41, 5.74) is 3.31. The third kappa shape index (κ3) is 9.20. The van der Waals surface area contributed by atoms with Crippen LogP contribution in [-0.4, -0.2) is 35.7 Å². The predicted octanol–water partition coefficient (Wildman–Crippen LogP) is 7.79. The van der Waals surface area contributed by atoms with Crippen LogP contribution >= 0.6 is 0 Å². The molecular weight excluding hydrogens is 491 g/mol. The van der Waals surface area contributed by atoms with E-state index in [1.165, 1.54) is 12.1 Å². The fraction of sp³-hybridized carbons (Fsp3) is 0.500. The summed E-state index contributed by atoms with van der Waals surface area (Å²) < 4.78 is 41.5. The summed E-state index contributed by atoms with van der Waals surface area (Å²) >= 11 is 0. The van der Waals surface area contributed by atoms with Gasteiger partial charge in [-0.25, -0.2) is 9.97 Å². The molecule has 5 nitrogen and oxygen atoms in total. The summed E-state index contributed by atoms with van der Waals surface area (Å²) in [5.74, 6) is 7.70. The minimum atomic E-state index is -4.72. The van der Waals surface area contributed by atoms with Crippen LogP contribution in [0.1, 0.15) is 83.5 Å². The van der Waals surface area contributed by atoms with E-state index in [9.17, 15) is 18.0 Å². The van der Waals surface area contributed by atoms with Gasteiger partial charge in [-0.1, -0.05) is 38.7 Å². The molecule has 0 saturated carbocycles. The average Bonchev–Trinajstić information content (AvgIpc) is 2.82. The summed E-state index contributed by atoms with van der Waals surface area (Å²) in [7, 11) is 1.93. The second-order valence-corrected chi connectivity index (χ2v) is 9.31. The minimum absolute atomic E-state index is 0.219. The number of halogens is 3. The SMILES string of the molecule is CC#CCN(C)c1nc(C(CC)CCCC)nc(-c2ccc(OC(F)(F)F)cc2)c1C.CC(=O)C1=CCC1. The highest BCUT2D eigenvalue weighted by atomic mass is 19.4. The molecule has 38 heavy (non-hydrogen) atoms. The highest BCUT2D eigenvalue weighted by molar-refractivity contribution is 5.94. The monoisotopic (exact) mass is 529 g/mol. The second-order valence-electron chi connectivity index (χ2n) is 9.31. The topological polar surface area (TPSA) is 55.3 Å². The van der Waals surface area contributed by atoms with E-state index in [2.05, 4.69) is 30.4 Å². The summed E-state index contributed by atoms with van der Waals surface area (Å²) in [6, 6.07) is 5.82. The van der Waals surface area contributed by atoms with Crippen molar-refractivity contribution < 1.29 is 22.7 Å². The number of benzene rings is 1. The second kappa shape index (κ2) is 14.6. The van der Waals surface area contributed by atoms with Gasteiger partial charge in [0.1, 0.15) is 17.4 Å². The lowest BCUT2D eigenvalue weighted by Crippen LogP contribution is -2.22. The lowest BCUT2D eigenvalue weighted by Gasteiger charge is -2.23. The number of carbonyl (C=O) groups is 1. The van der Waals surface area contributed by atoms with Gasteiger partial charge in [0, 0.05) is 24.1 Å². The van der Waals surface area contributed by atoms with Gasteiger partial charge in [0.25, 0.3) is 0 Å². The fourth-order valence-electron chi connectivity index (χ4n) is 4.02. The third-order valence-corrected chi connectivity index (χ3v) is 6.37. The number of allylic oxidation sites excluding steroid dienone is 2. The molecule has 1 aromatic heterocycles. The summed E-state index contributed by atoms with van der Waals surface area (Å²) in [4.78, 5) is 22.1. The first kappa shape index (κ1) is 30.9. The molecule has 8 heteroatoms. The van der Waals surface area contributed by atoms with E-state index in [-0.39, 0.29) is 17.5 Å². The van der Waals surface area contributed by atoms with Gasteiger partial charge in [-0.3, -0.25) is 4.79 Å². The smallest absolute Gasteiger partial charge is 0.406 e. The molecule has 0 aliphatic heterocycles. The summed E-state index contributed by atoms with van der Waals surface area (Å²) in [5, 5.41) is 0. The third-order valence-electron chi connectivity index (χ3n) is 6.37. The van der Waals surface area contributed by atoms with E-state index in [1.54, 1.807) is 26.0 Å². The Kier molecular flexibility index (Phi) is 11.8. The number of anilines is 1. The van der Waals surface area contributed by atoms with Crippen LogP contribution in [0.4, 0.5) is 19.0 Å². The molecule has 0 saturated heterocycles. The lowest BCUT2D eigenvalue weighted by molar-refractivity contribution is -0.274. The molecule has 3 rings (SSSR count). The number of rotatable bonds is 10. The van der Waals surface area contributed by atoms with E-state index < -0.39 is 6.36 Å². The van der Waals surface area contributed by atoms with Crippen molar-refractivity contribution in [1.82, 2.24) is 9.97 Å². The van der Waals surface area contributed by atoms with Crippen LogP contribution in [-0.2, 0) is 4.79 Å². The maximum Gasteiger partial charge on any atom is 0.573 e. The van der Waals surface area contributed by atoms with Crippen molar-refractivity contribution in [3.05, 3.63) is 47.3 Å². The zero-order valence-corrected chi connectivity index (χ0v) is 23.2. The number of ketones is 1. The van der Waals surface area contributed by atoms with E-state index in [4.69, 9.17) is 9.97 Å². The van der Waals surface area contributed by atoms with Gasteiger partial charge >= 0.3 is 6.36 Å². The predicted molar refractivity (Wildman–Crippen MR) is 146 cm³/mol. The van der Waals surface area contributed by atoms with Crippen molar-refractivity contribution in [3.8, 4) is 28.8 Å². The van der Waals surface area contributed by atoms with E-state index in [0.717, 1.165) is 66.9 Å². The number of aromatic nitrogens is 2. The fourth-order valence-corrected chi connectivity index (χ4v) is 4.02. The quantitative estimate of drug-likeness (QED) is 0.294. The van der Waals surface area contributed by atoms with Crippen LogP contribution in [0.15, 0.2) is 35.9 Å². The van der Waals surface area contributed by atoms with Crippen molar-refractivity contribution in [1.29, 1.82) is 0 Å². The number of hydrogen-bond donors (Lipinski definition) is 0. The first-order valence-electron chi connectivity index (χ1n) is 13.1. The standard InChI is InChI=1S/C24H30F3N3O.C6H8O/c1-6-9-11-18(8-3)22-28-21(17(4)23(29-22)30(5)16-10-7-2)19-12-14-20(15-13-19)31-24(25,26)27;1-5(7)6-3-2-4-6/h12-15,18H,6,8-9,11,16H2,1-5H3;3H,2,4H2,1H3. The Bertz CT molecular complexity index is 1160. The molecular formula is C30H38F3N3O2. The molecule has 0 fully saturated rings. The molecule has 1 aliphatic carbocycles. The largest absolute Gasteiger partial charge is 0.573 e. The van der Waals surface area contributed by atoms with E-state index in [0.29, 0.717) is 12.2 Å². The number of carbonyl (C=O) groups excluding carboxylic acids is 1. The Morgan fingerprint density at radius 1 is 1.18 bits per heavy atom. The van der Waals surface area contributed by atoms with Crippen molar-refractivity contribution in [2.75, 3.05) is 18.5 Å². The van der Waals surface area contributed by atoms with Crippen molar-refractivity contribution >= 4 is 11.6 Å². The Labute approximate surface area is 224 Å². The molecule has 0 spiro atoms. The number of hydrogen-bond acceptors (Lipinski definition) is 5. The average molecular weight is 530 g/mol. The number of Topliss-reactive ketones (excluding diaryl/α,β-unsaturated/α-hetero) is 1. The first-order valence-corrected chi connectivity index (χ1v) is 13.1. The molecule has 2 aromatic rings. The Balaban J connectivity index is 0.000000624. The molecule has 0 N–H and O–H groups in total. The van der Waals surface area contributed by atoms with Crippen LogP contribution in [0.5, 0.6) is 5.75 Å². The Hall–Kier alpha value is -3.34. The van der Waals surface area contributed by atoms with Crippen molar-refractivity contribution in [2.24, 2.45) is 0 Å². The van der Waals surface area contributed by atoms with Crippen LogP contribution in [0.2, 0.25) is 0 Å². The lowest BCUT2D eigenvalue weighted by atomic mass is 9.96. The first-order chi connectivity index (χ1) is 18.0. The number of alkyl halides is 3. The zero-order chi connectivity index (χ0) is 28.3. The zero-order valence-electron chi connectivity index (χ0n) is 23.2. The van der Waals surface area contributed by atoms with Gasteiger partial charge < -0.3 is 9.64 Å². The normalized spacial score (nSPS) is 13.1. The summed E-state index contributed by atoms with van der Waals surface area (Å²) in [6.07, 6.45) is 3.47. The van der Waals surface area contributed by atoms with Gasteiger partial charge in [-0.2, -0.15) is 0 Å². The van der Waals surface area contributed by atoms with E-state index in [1.807, 2.05) is 24.9 Å². The molecule has 1 aromatic carbocycles. The van der Waals surface area contributed by atoms with Gasteiger partial charge in [0.15, 0.2) is 5.78 Å². The number of ether oxygens (including phenoxy) is 1. The van der Waals surface area contributed by atoms with Crippen LogP contribution < -0.4 is 9.64 Å². The molecule has 1 unspecified atom stereocenters. The maximum absolute atomic E-state index is 12.5. The Morgan fingerprint density at radius 3 is 2.29 bits per heavy atom. The molecule has 0 bridgehead atoms. The highest BCUT2D eigenvalue weighted by Crippen LogP contribution is 2.33. The molecule has 0 radical (unpaired) electrons. The molecule has 1 heterocycles. The van der Waals surface area contributed by atoms with E-state index >= 15 is 0 Å². The number of nitrogens with zero attached hydrogens (tertiary/aromatic N) is 3. The minimum Gasteiger partial charge on any atom is -0.406 e. The highest BCUT2D eigenvalue weighted by Gasteiger charge is 2.31. The maximum atomic E-state index is 12.5. The van der Waals surface area contributed by atoms with Gasteiger partial charge in [0.2, 0.25) is 0 Å². The molecule has 0 amide bonds.